The van der Waals surface area contributed by atoms with Gasteiger partial charge in [-0.3, -0.25) is 4.79 Å². The molecule has 2 rings (SSSR count). The van der Waals surface area contributed by atoms with E-state index in [0.29, 0.717) is 6.29 Å². The van der Waals surface area contributed by atoms with Crippen LogP contribution in [0.4, 0.5) is 8.78 Å². The number of carbonyl (C=O) groups excluding carboxylic acids is 1. The standard InChI is InChI=1S/C13H7ClF2O2/c14-10-6-9(15)2-4-12(10)18-13-3-1-8(7-17)5-11(13)16/h1-7H. The van der Waals surface area contributed by atoms with Crippen molar-refractivity contribution in [2.24, 2.45) is 0 Å². The Morgan fingerprint density at radius 2 is 1.78 bits per heavy atom. The SMILES string of the molecule is O=Cc1ccc(Oc2ccc(F)cc2Cl)c(F)c1. The molecule has 0 amide bonds. The number of hydrogen-bond donors (Lipinski definition) is 0. The first-order valence-corrected chi connectivity index (χ1v) is 5.35. The van der Waals surface area contributed by atoms with Crippen LogP contribution in [-0.4, -0.2) is 6.29 Å². The van der Waals surface area contributed by atoms with Gasteiger partial charge >= 0.3 is 0 Å². The molecule has 2 aromatic rings. The van der Waals surface area contributed by atoms with Crippen LogP contribution in [-0.2, 0) is 0 Å². The van der Waals surface area contributed by atoms with Crippen molar-refractivity contribution in [3.63, 3.8) is 0 Å². The smallest absolute Gasteiger partial charge is 0.166 e. The lowest BCUT2D eigenvalue weighted by Gasteiger charge is -2.08. The number of carbonyl (C=O) groups is 1. The number of benzene rings is 2. The summed E-state index contributed by atoms with van der Waals surface area (Å²) in [5, 5.41) is 0.0360. The van der Waals surface area contributed by atoms with E-state index in [0.717, 1.165) is 18.2 Å². The van der Waals surface area contributed by atoms with Crippen LogP contribution < -0.4 is 4.74 Å². The molecule has 18 heavy (non-hydrogen) atoms. The van der Waals surface area contributed by atoms with Gasteiger partial charge in [-0.2, -0.15) is 0 Å². The second kappa shape index (κ2) is 5.14. The van der Waals surface area contributed by atoms with Gasteiger partial charge in [0.25, 0.3) is 0 Å². The average molecular weight is 269 g/mol. The Morgan fingerprint density at radius 1 is 1.06 bits per heavy atom. The minimum Gasteiger partial charge on any atom is -0.453 e. The third-order valence-electron chi connectivity index (χ3n) is 2.21. The molecule has 0 spiro atoms. The Kier molecular flexibility index (Phi) is 3.58. The van der Waals surface area contributed by atoms with Crippen LogP contribution in [0.5, 0.6) is 11.5 Å². The lowest BCUT2D eigenvalue weighted by atomic mass is 10.2. The predicted octanol–water partition coefficient (Wildman–Crippen LogP) is 4.22. The third-order valence-corrected chi connectivity index (χ3v) is 2.50. The van der Waals surface area contributed by atoms with E-state index in [1.54, 1.807) is 0 Å². The molecule has 2 nitrogen and oxygen atoms in total. The maximum atomic E-state index is 13.5. The molecular formula is C13H7ClF2O2. The van der Waals surface area contributed by atoms with Crippen molar-refractivity contribution in [2.75, 3.05) is 0 Å². The highest BCUT2D eigenvalue weighted by Gasteiger charge is 2.09. The van der Waals surface area contributed by atoms with Crippen LogP contribution in [0.15, 0.2) is 36.4 Å². The summed E-state index contributed by atoms with van der Waals surface area (Å²) in [7, 11) is 0. The quantitative estimate of drug-likeness (QED) is 0.779. The highest BCUT2D eigenvalue weighted by molar-refractivity contribution is 6.32. The van der Waals surface area contributed by atoms with Crippen LogP contribution in [0.1, 0.15) is 10.4 Å². The maximum absolute atomic E-state index is 13.5. The van der Waals surface area contributed by atoms with E-state index in [9.17, 15) is 13.6 Å². The van der Waals surface area contributed by atoms with Crippen LogP contribution in [0, 0.1) is 11.6 Å². The van der Waals surface area contributed by atoms with Crippen molar-refractivity contribution in [1.29, 1.82) is 0 Å². The molecule has 0 fully saturated rings. The summed E-state index contributed by atoms with van der Waals surface area (Å²) in [5.41, 5.74) is 0.199. The zero-order valence-corrected chi connectivity index (χ0v) is 9.75. The second-order valence-corrected chi connectivity index (χ2v) is 3.89. The molecule has 0 bridgehead atoms. The number of aldehydes is 1. The Bertz CT molecular complexity index is 600. The Hall–Kier alpha value is -1.94. The molecule has 0 aliphatic rings. The van der Waals surface area contributed by atoms with E-state index in [-0.39, 0.29) is 22.1 Å². The highest BCUT2D eigenvalue weighted by Crippen LogP contribution is 2.31. The monoisotopic (exact) mass is 268 g/mol. The zero-order valence-electron chi connectivity index (χ0n) is 8.99. The minimum atomic E-state index is -0.694. The molecule has 0 atom stereocenters. The van der Waals surface area contributed by atoms with Crippen molar-refractivity contribution >= 4 is 17.9 Å². The summed E-state index contributed by atoms with van der Waals surface area (Å²) < 4.78 is 31.5. The van der Waals surface area contributed by atoms with Crippen molar-refractivity contribution in [3.05, 3.63) is 58.6 Å². The summed E-state index contributed by atoms with van der Waals surface area (Å²) in [6, 6.07) is 7.26. The fraction of sp³-hybridized carbons (Fsp3) is 0. The van der Waals surface area contributed by atoms with Gasteiger partial charge < -0.3 is 4.74 Å². The fourth-order valence-electron chi connectivity index (χ4n) is 1.35. The summed E-state index contributed by atoms with van der Waals surface area (Å²) in [6.45, 7) is 0. The van der Waals surface area contributed by atoms with Crippen molar-refractivity contribution in [1.82, 2.24) is 0 Å². The van der Waals surface area contributed by atoms with Gasteiger partial charge in [-0.25, -0.2) is 8.78 Å². The van der Waals surface area contributed by atoms with Gasteiger partial charge in [-0.05, 0) is 36.4 Å². The molecule has 0 heterocycles. The zero-order chi connectivity index (χ0) is 13.1. The molecule has 0 aliphatic heterocycles. The lowest BCUT2D eigenvalue weighted by molar-refractivity contribution is 0.112. The molecule has 0 unspecified atom stereocenters. The fourth-order valence-corrected chi connectivity index (χ4v) is 1.56. The third kappa shape index (κ3) is 2.65. The first kappa shape index (κ1) is 12.5. The molecule has 0 saturated carbocycles. The average Bonchev–Trinajstić information content (AvgIpc) is 2.34. The molecule has 0 radical (unpaired) electrons. The molecular weight excluding hydrogens is 262 g/mol. The van der Waals surface area contributed by atoms with Crippen molar-refractivity contribution < 1.29 is 18.3 Å². The van der Waals surface area contributed by atoms with E-state index < -0.39 is 11.6 Å². The van der Waals surface area contributed by atoms with Gasteiger partial charge in [0.1, 0.15) is 17.9 Å². The predicted molar refractivity (Wildman–Crippen MR) is 63.3 cm³/mol. The van der Waals surface area contributed by atoms with Crippen LogP contribution in [0.25, 0.3) is 0 Å². The van der Waals surface area contributed by atoms with Crippen molar-refractivity contribution in [3.8, 4) is 11.5 Å². The molecule has 5 heteroatoms. The Morgan fingerprint density at radius 3 is 2.39 bits per heavy atom. The first-order chi connectivity index (χ1) is 8.60. The second-order valence-electron chi connectivity index (χ2n) is 3.48. The largest absolute Gasteiger partial charge is 0.453 e. The molecule has 2 aromatic carbocycles. The molecule has 0 aliphatic carbocycles. The number of halogens is 3. The van der Waals surface area contributed by atoms with E-state index in [2.05, 4.69) is 0 Å². The van der Waals surface area contributed by atoms with Gasteiger partial charge in [0, 0.05) is 5.56 Å². The Labute approximate surface area is 107 Å². The van der Waals surface area contributed by atoms with E-state index >= 15 is 0 Å². The van der Waals surface area contributed by atoms with Gasteiger partial charge in [0.2, 0.25) is 0 Å². The molecule has 0 N–H and O–H groups in total. The number of hydrogen-bond acceptors (Lipinski definition) is 2. The summed E-state index contributed by atoms with van der Waals surface area (Å²) in [5.74, 6) is -1.16. The first-order valence-electron chi connectivity index (χ1n) is 4.98. The van der Waals surface area contributed by atoms with Crippen LogP contribution in [0.3, 0.4) is 0 Å². The van der Waals surface area contributed by atoms with Crippen LogP contribution >= 0.6 is 11.6 Å². The van der Waals surface area contributed by atoms with Gasteiger partial charge in [0.15, 0.2) is 11.6 Å². The minimum absolute atomic E-state index is 0.0360. The topological polar surface area (TPSA) is 26.3 Å². The maximum Gasteiger partial charge on any atom is 0.166 e. The molecule has 0 saturated heterocycles. The van der Waals surface area contributed by atoms with Gasteiger partial charge in [0.05, 0.1) is 5.02 Å². The Balaban J connectivity index is 2.31. The van der Waals surface area contributed by atoms with Crippen molar-refractivity contribution in [2.45, 2.75) is 0 Å². The summed E-state index contributed by atoms with van der Waals surface area (Å²) >= 11 is 5.75. The number of ether oxygens (including phenoxy) is 1. The van der Waals surface area contributed by atoms with E-state index in [1.807, 2.05) is 0 Å². The molecule has 92 valence electrons. The summed E-state index contributed by atoms with van der Waals surface area (Å²) in [4.78, 5) is 10.4. The van der Waals surface area contributed by atoms with Gasteiger partial charge in [-0.1, -0.05) is 11.6 Å². The normalized spacial score (nSPS) is 10.2. The lowest BCUT2D eigenvalue weighted by Crippen LogP contribution is -1.91. The van der Waals surface area contributed by atoms with E-state index in [1.165, 1.54) is 18.2 Å². The van der Waals surface area contributed by atoms with Crippen LogP contribution in [0.2, 0.25) is 5.02 Å². The molecule has 0 aromatic heterocycles. The number of rotatable bonds is 3. The van der Waals surface area contributed by atoms with Gasteiger partial charge in [-0.15, -0.1) is 0 Å². The van der Waals surface area contributed by atoms with E-state index in [4.69, 9.17) is 16.3 Å². The summed E-state index contributed by atoms with van der Waals surface area (Å²) in [6.07, 6.45) is 0.526. The highest BCUT2D eigenvalue weighted by atomic mass is 35.5.